The van der Waals surface area contributed by atoms with Gasteiger partial charge in [0.25, 0.3) is 5.91 Å². The Hall–Kier alpha value is -3.28. The number of benzene rings is 2. The quantitative estimate of drug-likeness (QED) is 0.728. The van der Waals surface area contributed by atoms with Gasteiger partial charge in [-0.25, -0.2) is 4.39 Å². The molecule has 6 heteroatoms. The van der Waals surface area contributed by atoms with Crippen molar-refractivity contribution in [1.82, 2.24) is 0 Å². The number of amides is 1. The molecule has 128 valence electrons. The monoisotopic (exact) mass is 341 g/mol. The van der Waals surface area contributed by atoms with Gasteiger partial charge in [0.2, 0.25) is 0 Å². The second kappa shape index (κ2) is 7.53. The van der Waals surface area contributed by atoms with Crippen LogP contribution in [0.15, 0.2) is 65.3 Å². The molecule has 1 amide bonds. The van der Waals surface area contributed by atoms with Gasteiger partial charge in [-0.3, -0.25) is 4.79 Å². The molecule has 0 aliphatic heterocycles. The maximum absolute atomic E-state index is 13.2. The summed E-state index contributed by atoms with van der Waals surface area (Å²) in [7, 11) is 1.40. The minimum atomic E-state index is -0.471. The standard InChI is InChI=1S/C19H16FNO4/c1-23-17-11-14(20)7-8-16(17)21-19(22)18-13(9-10-24-18)12-25-15-5-3-2-4-6-15/h2-11H,12H2,1H3,(H,21,22). The number of methoxy groups -OCH3 is 1. The largest absolute Gasteiger partial charge is 0.494 e. The topological polar surface area (TPSA) is 60.7 Å². The third-order valence-corrected chi connectivity index (χ3v) is 3.50. The van der Waals surface area contributed by atoms with Crippen LogP contribution in [0.2, 0.25) is 0 Å². The Kier molecular flexibility index (Phi) is 4.99. The number of ether oxygens (including phenoxy) is 2. The fourth-order valence-corrected chi connectivity index (χ4v) is 2.27. The van der Waals surface area contributed by atoms with Crippen LogP contribution in [0.25, 0.3) is 0 Å². The second-order valence-corrected chi connectivity index (χ2v) is 5.18. The minimum Gasteiger partial charge on any atom is -0.494 e. The first-order valence-electron chi connectivity index (χ1n) is 7.56. The summed E-state index contributed by atoms with van der Waals surface area (Å²) in [5.41, 5.74) is 0.947. The van der Waals surface area contributed by atoms with Crippen molar-refractivity contribution >= 4 is 11.6 Å². The normalized spacial score (nSPS) is 10.3. The first-order valence-corrected chi connectivity index (χ1v) is 7.56. The maximum Gasteiger partial charge on any atom is 0.291 e. The summed E-state index contributed by atoms with van der Waals surface area (Å²) in [6.07, 6.45) is 1.42. The Bertz CT molecular complexity index is 861. The fourth-order valence-electron chi connectivity index (χ4n) is 2.27. The predicted molar refractivity (Wildman–Crippen MR) is 90.4 cm³/mol. The van der Waals surface area contributed by atoms with E-state index >= 15 is 0 Å². The third-order valence-electron chi connectivity index (χ3n) is 3.50. The van der Waals surface area contributed by atoms with Gasteiger partial charge in [0, 0.05) is 11.6 Å². The van der Waals surface area contributed by atoms with Gasteiger partial charge in [0.05, 0.1) is 19.1 Å². The summed E-state index contributed by atoms with van der Waals surface area (Å²) in [4.78, 5) is 12.5. The lowest BCUT2D eigenvalue weighted by Gasteiger charge is -2.10. The molecule has 0 saturated carbocycles. The Balaban J connectivity index is 1.72. The molecule has 0 saturated heterocycles. The van der Waals surface area contributed by atoms with Gasteiger partial charge >= 0.3 is 0 Å². The first-order chi connectivity index (χ1) is 12.2. The van der Waals surface area contributed by atoms with E-state index in [0.29, 0.717) is 17.0 Å². The predicted octanol–water partition coefficient (Wildman–Crippen LogP) is 4.26. The van der Waals surface area contributed by atoms with Crippen LogP contribution < -0.4 is 14.8 Å². The molecule has 0 spiro atoms. The molecule has 0 radical (unpaired) electrons. The highest BCUT2D eigenvalue weighted by molar-refractivity contribution is 6.04. The highest BCUT2D eigenvalue weighted by Gasteiger charge is 2.18. The zero-order valence-electron chi connectivity index (χ0n) is 13.5. The Morgan fingerprint density at radius 2 is 1.96 bits per heavy atom. The Morgan fingerprint density at radius 1 is 1.16 bits per heavy atom. The number of carbonyl (C=O) groups is 1. The molecule has 1 N–H and O–H groups in total. The number of para-hydroxylation sites is 1. The molecule has 0 fully saturated rings. The number of anilines is 1. The molecule has 3 aromatic rings. The van der Waals surface area contributed by atoms with E-state index in [1.54, 1.807) is 6.07 Å². The number of rotatable bonds is 6. The zero-order chi connectivity index (χ0) is 17.6. The lowest BCUT2D eigenvalue weighted by atomic mass is 10.2. The molecule has 0 unspecified atom stereocenters. The van der Waals surface area contributed by atoms with Crippen LogP contribution in [0.4, 0.5) is 10.1 Å². The van der Waals surface area contributed by atoms with E-state index in [4.69, 9.17) is 13.9 Å². The van der Waals surface area contributed by atoms with Crippen LogP contribution in [0, 0.1) is 5.82 Å². The summed E-state index contributed by atoms with van der Waals surface area (Å²) < 4.78 is 29.2. The molecule has 0 bridgehead atoms. The molecule has 5 nitrogen and oxygen atoms in total. The number of halogens is 1. The van der Waals surface area contributed by atoms with E-state index in [0.717, 1.165) is 0 Å². The van der Waals surface area contributed by atoms with E-state index in [1.165, 1.54) is 31.6 Å². The molecule has 0 aliphatic carbocycles. The van der Waals surface area contributed by atoms with Gasteiger partial charge in [-0.2, -0.15) is 0 Å². The second-order valence-electron chi connectivity index (χ2n) is 5.18. The van der Waals surface area contributed by atoms with Crippen molar-refractivity contribution < 1.29 is 23.1 Å². The third kappa shape index (κ3) is 3.98. The molecule has 25 heavy (non-hydrogen) atoms. The molecule has 2 aromatic carbocycles. The van der Waals surface area contributed by atoms with Crippen molar-refractivity contribution in [2.75, 3.05) is 12.4 Å². The maximum atomic E-state index is 13.2. The van der Waals surface area contributed by atoms with Crippen molar-refractivity contribution in [3.63, 3.8) is 0 Å². The molecular formula is C19H16FNO4. The number of nitrogens with one attached hydrogen (secondary N) is 1. The minimum absolute atomic E-state index is 0.127. The summed E-state index contributed by atoms with van der Waals surface area (Å²) in [5, 5.41) is 2.65. The van der Waals surface area contributed by atoms with Gasteiger partial charge < -0.3 is 19.2 Å². The van der Waals surface area contributed by atoms with Crippen molar-refractivity contribution in [3.05, 3.63) is 78.0 Å². The van der Waals surface area contributed by atoms with Gasteiger partial charge in [0.1, 0.15) is 23.9 Å². The fraction of sp³-hybridized carbons (Fsp3) is 0.105. The SMILES string of the molecule is COc1cc(F)ccc1NC(=O)c1occc1COc1ccccc1. The number of hydrogen-bond donors (Lipinski definition) is 1. The Labute approximate surface area is 144 Å². The van der Waals surface area contributed by atoms with Gasteiger partial charge in [0.15, 0.2) is 5.76 Å². The van der Waals surface area contributed by atoms with E-state index in [-0.39, 0.29) is 18.1 Å². The van der Waals surface area contributed by atoms with Crippen LogP contribution in [0.1, 0.15) is 16.1 Å². The van der Waals surface area contributed by atoms with E-state index in [1.807, 2.05) is 30.3 Å². The average molecular weight is 341 g/mol. The molecule has 3 rings (SSSR count). The summed E-state index contributed by atoms with van der Waals surface area (Å²) in [6.45, 7) is 0.184. The van der Waals surface area contributed by atoms with E-state index in [9.17, 15) is 9.18 Å². The van der Waals surface area contributed by atoms with Crippen molar-refractivity contribution in [3.8, 4) is 11.5 Å². The first kappa shape index (κ1) is 16.6. The number of carbonyl (C=O) groups excluding carboxylic acids is 1. The lowest BCUT2D eigenvalue weighted by Crippen LogP contribution is -2.14. The average Bonchev–Trinajstić information content (AvgIpc) is 3.11. The van der Waals surface area contributed by atoms with Gasteiger partial charge in [-0.05, 0) is 30.3 Å². The van der Waals surface area contributed by atoms with Gasteiger partial charge in [-0.1, -0.05) is 18.2 Å². The zero-order valence-corrected chi connectivity index (χ0v) is 13.5. The molecule has 1 aromatic heterocycles. The summed E-state index contributed by atoms with van der Waals surface area (Å²) in [6, 6.07) is 14.8. The van der Waals surface area contributed by atoms with Crippen LogP contribution in [-0.4, -0.2) is 13.0 Å². The highest BCUT2D eigenvalue weighted by Crippen LogP contribution is 2.26. The van der Waals surface area contributed by atoms with Crippen molar-refractivity contribution in [2.24, 2.45) is 0 Å². The number of furan rings is 1. The van der Waals surface area contributed by atoms with E-state index < -0.39 is 11.7 Å². The van der Waals surface area contributed by atoms with Crippen LogP contribution in [0.3, 0.4) is 0 Å². The molecular weight excluding hydrogens is 325 g/mol. The van der Waals surface area contributed by atoms with Gasteiger partial charge in [-0.15, -0.1) is 0 Å². The van der Waals surface area contributed by atoms with E-state index in [2.05, 4.69) is 5.32 Å². The smallest absolute Gasteiger partial charge is 0.291 e. The van der Waals surface area contributed by atoms with Crippen molar-refractivity contribution in [2.45, 2.75) is 6.61 Å². The lowest BCUT2D eigenvalue weighted by molar-refractivity contribution is 0.0993. The highest BCUT2D eigenvalue weighted by atomic mass is 19.1. The van der Waals surface area contributed by atoms with Crippen LogP contribution >= 0.6 is 0 Å². The molecule has 0 aliphatic rings. The van der Waals surface area contributed by atoms with Crippen LogP contribution in [-0.2, 0) is 6.61 Å². The molecule has 0 atom stereocenters. The summed E-state index contributed by atoms with van der Waals surface area (Å²) in [5.74, 6) is 0.117. The molecule has 1 heterocycles. The van der Waals surface area contributed by atoms with Crippen molar-refractivity contribution in [1.29, 1.82) is 0 Å². The van der Waals surface area contributed by atoms with Crippen LogP contribution in [0.5, 0.6) is 11.5 Å². The Morgan fingerprint density at radius 3 is 2.72 bits per heavy atom. The summed E-state index contributed by atoms with van der Waals surface area (Å²) >= 11 is 0. The number of hydrogen-bond acceptors (Lipinski definition) is 4.